The van der Waals surface area contributed by atoms with Gasteiger partial charge in [0.05, 0.1) is 6.61 Å². The quantitative estimate of drug-likeness (QED) is 0.607. The van der Waals surface area contributed by atoms with Gasteiger partial charge in [-0.2, -0.15) is 0 Å². The Kier molecular flexibility index (Phi) is 8.59. The Labute approximate surface area is 65.2 Å². The van der Waals surface area contributed by atoms with E-state index in [9.17, 15) is 9.36 Å². The molecule has 0 saturated heterocycles. The lowest BCUT2D eigenvalue weighted by Gasteiger charge is -1.99. The first-order valence-electron chi connectivity index (χ1n) is 2.11. The van der Waals surface area contributed by atoms with Crippen LogP contribution in [0.1, 0.15) is 0 Å². The molecule has 0 aromatic carbocycles. The van der Waals surface area contributed by atoms with Gasteiger partial charge in [-0.1, -0.05) is 0 Å². The van der Waals surface area contributed by atoms with Gasteiger partial charge in [-0.3, -0.25) is 9.32 Å². The van der Waals surface area contributed by atoms with Crippen LogP contribution in [0.15, 0.2) is 0 Å². The lowest BCUT2D eigenvalue weighted by molar-refractivity contribution is -0.139. The second kappa shape index (κ2) is 6.89. The third-order valence-electron chi connectivity index (χ3n) is 0.624. The Morgan fingerprint density at radius 1 is 1.80 bits per heavy atom. The van der Waals surface area contributed by atoms with Crippen LogP contribution in [-0.2, 0) is 13.9 Å². The van der Waals surface area contributed by atoms with Gasteiger partial charge in [0.15, 0.2) is 0 Å². The average molecular weight is 188 g/mol. The highest BCUT2D eigenvalue weighted by Crippen LogP contribution is 1.94. The zero-order valence-electron chi connectivity index (χ0n) is 4.89. The van der Waals surface area contributed by atoms with Gasteiger partial charge in [-0.25, -0.2) is 4.57 Å². The van der Waals surface area contributed by atoms with E-state index in [1.165, 1.54) is 0 Å². The van der Waals surface area contributed by atoms with E-state index in [1.54, 1.807) is 0 Å². The SMILES string of the molecule is Cl.NC(COP=O)C(=O)O. The predicted molar refractivity (Wildman–Crippen MR) is 36.4 cm³/mol. The molecule has 0 fully saturated rings. The highest BCUT2D eigenvalue weighted by molar-refractivity contribution is 7.17. The molecule has 0 bridgehead atoms. The van der Waals surface area contributed by atoms with Crippen LogP contribution < -0.4 is 5.73 Å². The fourth-order valence-electron chi connectivity index (χ4n) is 0.182. The van der Waals surface area contributed by atoms with Crippen LogP contribution in [0.3, 0.4) is 0 Å². The molecular weight excluding hydrogens is 180 g/mol. The first-order valence-corrected chi connectivity index (χ1v) is 2.84. The minimum absolute atomic E-state index is 0. The largest absolute Gasteiger partial charge is 0.480 e. The van der Waals surface area contributed by atoms with Crippen molar-refractivity contribution in [1.29, 1.82) is 0 Å². The van der Waals surface area contributed by atoms with Crippen molar-refractivity contribution in [3.05, 3.63) is 0 Å². The summed E-state index contributed by atoms with van der Waals surface area (Å²) in [5, 5.41) is 8.10. The van der Waals surface area contributed by atoms with Crippen LogP contribution in [0.2, 0.25) is 0 Å². The van der Waals surface area contributed by atoms with E-state index in [1.807, 2.05) is 0 Å². The molecule has 0 radical (unpaired) electrons. The number of rotatable bonds is 4. The number of carboxylic acids is 1. The van der Waals surface area contributed by atoms with Crippen LogP contribution in [0, 0.1) is 0 Å². The Bertz CT molecular complexity index is 121. The van der Waals surface area contributed by atoms with Gasteiger partial charge >= 0.3 is 14.7 Å². The van der Waals surface area contributed by atoms with Crippen molar-refractivity contribution in [1.82, 2.24) is 0 Å². The maximum Gasteiger partial charge on any atom is 0.327 e. The summed E-state index contributed by atoms with van der Waals surface area (Å²) in [5.74, 6) is -1.17. The number of carbonyl (C=O) groups is 1. The van der Waals surface area contributed by atoms with Crippen molar-refractivity contribution < 1.29 is 19.0 Å². The lowest BCUT2D eigenvalue weighted by atomic mass is 10.3. The molecule has 0 aliphatic carbocycles. The Morgan fingerprint density at radius 2 is 2.30 bits per heavy atom. The molecule has 0 heterocycles. The number of hydrogen-bond acceptors (Lipinski definition) is 4. The Morgan fingerprint density at radius 3 is 2.60 bits per heavy atom. The van der Waals surface area contributed by atoms with E-state index < -0.39 is 20.7 Å². The molecule has 0 saturated carbocycles. The maximum absolute atomic E-state index is 9.90. The molecule has 0 amide bonds. The number of aliphatic carboxylic acids is 1. The summed E-state index contributed by atoms with van der Waals surface area (Å²) < 4.78 is 13.7. The summed E-state index contributed by atoms with van der Waals surface area (Å²) in [7, 11) is -0.548. The standard InChI is InChI=1S/C3H6NO4P.ClH/c4-2(3(5)6)1-8-9-7;/h2H,1,4H2,(H,5,6);1H. The third kappa shape index (κ3) is 5.91. The van der Waals surface area contributed by atoms with Crippen LogP contribution in [0.25, 0.3) is 0 Å². The van der Waals surface area contributed by atoms with Crippen LogP contribution in [0.5, 0.6) is 0 Å². The molecule has 7 heteroatoms. The molecule has 0 rings (SSSR count). The monoisotopic (exact) mass is 187 g/mol. The summed E-state index contributed by atoms with van der Waals surface area (Å²) in [6.45, 7) is -0.236. The number of halogens is 1. The number of carboxylic acid groups (broad SMARTS) is 1. The molecule has 1 atom stereocenters. The van der Waals surface area contributed by atoms with Gasteiger partial charge in [0.2, 0.25) is 0 Å². The van der Waals surface area contributed by atoms with Crippen molar-refractivity contribution in [2.75, 3.05) is 6.61 Å². The number of nitrogens with two attached hydrogens (primary N) is 1. The van der Waals surface area contributed by atoms with E-state index in [4.69, 9.17) is 10.8 Å². The van der Waals surface area contributed by atoms with Crippen molar-refractivity contribution >= 4 is 27.1 Å². The fraction of sp³-hybridized carbons (Fsp3) is 0.667. The lowest BCUT2D eigenvalue weighted by Crippen LogP contribution is -2.33. The molecular formula is C3H7ClNO4P. The molecule has 3 N–H and O–H groups in total. The molecule has 10 heavy (non-hydrogen) atoms. The first kappa shape index (κ1) is 12.5. The molecule has 60 valence electrons. The van der Waals surface area contributed by atoms with Gasteiger partial charge in [-0.15, -0.1) is 12.4 Å². The molecule has 0 aromatic heterocycles. The molecule has 5 nitrogen and oxygen atoms in total. The topological polar surface area (TPSA) is 89.6 Å². The minimum Gasteiger partial charge on any atom is -0.480 e. The van der Waals surface area contributed by atoms with Crippen LogP contribution in [-0.4, -0.2) is 23.7 Å². The average Bonchev–Trinajstić information content (AvgIpc) is 1.82. The van der Waals surface area contributed by atoms with Crippen molar-refractivity contribution in [2.45, 2.75) is 6.04 Å². The van der Waals surface area contributed by atoms with E-state index in [0.29, 0.717) is 0 Å². The van der Waals surface area contributed by atoms with Gasteiger partial charge < -0.3 is 10.8 Å². The molecule has 0 aliphatic rings. The normalized spacial score (nSPS) is 12.1. The smallest absolute Gasteiger partial charge is 0.327 e. The molecule has 1 unspecified atom stereocenters. The van der Waals surface area contributed by atoms with Crippen LogP contribution in [0.4, 0.5) is 0 Å². The van der Waals surface area contributed by atoms with Crippen molar-refractivity contribution in [3.8, 4) is 0 Å². The van der Waals surface area contributed by atoms with E-state index in [2.05, 4.69) is 4.52 Å². The second-order valence-corrected chi connectivity index (χ2v) is 1.72. The summed E-state index contributed by atoms with van der Waals surface area (Å²) in [6.07, 6.45) is 0. The molecule has 0 aliphatic heterocycles. The molecule has 0 aromatic rings. The van der Waals surface area contributed by atoms with Gasteiger partial charge in [-0.05, 0) is 0 Å². The van der Waals surface area contributed by atoms with Crippen molar-refractivity contribution in [2.24, 2.45) is 5.73 Å². The van der Waals surface area contributed by atoms with E-state index >= 15 is 0 Å². The van der Waals surface area contributed by atoms with E-state index in [0.717, 1.165) is 0 Å². The second-order valence-electron chi connectivity index (χ2n) is 1.32. The summed E-state index contributed by atoms with van der Waals surface area (Å²) in [4.78, 5) is 9.90. The van der Waals surface area contributed by atoms with Crippen LogP contribution >= 0.6 is 21.1 Å². The van der Waals surface area contributed by atoms with Gasteiger partial charge in [0.1, 0.15) is 6.04 Å². The highest BCUT2D eigenvalue weighted by Gasteiger charge is 2.10. The fourth-order valence-corrected chi connectivity index (χ4v) is 0.403. The maximum atomic E-state index is 9.90. The zero-order chi connectivity index (χ0) is 7.28. The van der Waals surface area contributed by atoms with Gasteiger partial charge in [0.25, 0.3) is 0 Å². The summed E-state index contributed by atoms with van der Waals surface area (Å²) in [5.41, 5.74) is 4.93. The molecule has 0 spiro atoms. The highest BCUT2D eigenvalue weighted by atomic mass is 35.5. The summed E-state index contributed by atoms with van der Waals surface area (Å²) >= 11 is 0. The first-order chi connectivity index (χ1) is 4.18. The predicted octanol–water partition coefficient (Wildman–Crippen LogP) is 0.0434. The summed E-state index contributed by atoms with van der Waals surface area (Å²) in [6, 6.07) is -1.09. The van der Waals surface area contributed by atoms with E-state index in [-0.39, 0.29) is 19.0 Å². The third-order valence-corrected chi connectivity index (χ3v) is 0.878. The number of hydrogen-bond donors (Lipinski definition) is 2. The Hall–Kier alpha value is -0.220. The van der Waals surface area contributed by atoms with Crippen molar-refractivity contribution in [3.63, 3.8) is 0 Å². The Balaban J connectivity index is 0. The van der Waals surface area contributed by atoms with Gasteiger partial charge in [0, 0.05) is 0 Å². The zero-order valence-corrected chi connectivity index (χ0v) is 6.60. The minimum atomic E-state index is -1.17.